The number of carbonyl (C=O) groups excluding carboxylic acids is 2. The molecular formula is C19H21ClFN3O4. The van der Waals surface area contributed by atoms with Crippen molar-refractivity contribution in [2.75, 3.05) is 44.0 Å². The fraction of sp³-hybridized carbons (Fsp3) is 0.263. The van der Waals surface area contributed by atoms with E-state index in [2.05, 4.69) is 10.6 Å². The summed E-state index contributed by atoms with van der Waals surface area (Å²) in [6.45, 7) is -0.521. The molecular weight excluding hydrogens is 389 g/mol. The third kappa shape index (κ3) is 6.40. The van der Waals surface area contributed by atoms with Crippen molar-refractivity contribution in [1.29, 1.82) is 0 Å². The van der Waals surface area contributed by atoms with E-state index < -0.39 is 11.7 Å². The number of nitrogens with one attached hydrogen (secondary N) is 2. The molecule has 2 rings (SSSR count). The second-order valence-electron chi connectivity index (χ2n) is 5.84. The van der Waals surface area contributed by atoms with E-state index in [1.165, 1.54) is 24.1 Å². The van der Waals surface area contributed by atoms with Crippen LogP contribution in [0, 0.1) is 5.82 Å². The maximum Gasteiger partial charge on any atom is 0.244 e. The molecule has 0 aliphatic rings. The largest absolute Gasteiger partial charge is 0.489 e. The van der Waals surface area contributed by atoms with E-state index >= 15 is 0 Å². The molecule has 9 heteroatoms. The fourth-order valence-corrected chi connectivity index (χ4v) is 2.46. The topological polar surface area (TPSA) is 90.9 Å². The molecule has 0 fully saturated rings. The molecule has 7 nitrogen and oxygen atoms in total. The highest BCUT2D eigenvalue weighted by Crippen LogP contribution is 2.25. The Balaban J connectivity index is 1.89. The van der Waals surface area contributed by atoms with Crippen LogP contribution in [0.25, 0.3) is 0 Å². The van der Waals surface area contributed by atoms with Crippen LogP contribution in [0.3, 0.4) is 0 Å². The number of ether oxygens (including phenoxy) is 1. The lowest BCUT2D eigenvalue weighted by Gasteiger charge is -2.18. The number of halogens is 2. The zero-order chi connectivity index (χ0) is 20.5. The van der Waals surface area contributed by atoms with Crippen LogP contribution in [-0.4, -0.2) is 55.2 Å². The lowest BCUT2D eigenvalue weighted by Crippen LogP contribution is -2.38. The summed E-state index contributed by atoms with van der Waals surface area (Å²) in [5.41, 5.74) is 0.863. The van der Waals surface area contributed by atoms with Gasteiger partial charge in [-0.1, -0.05) is 23.7 Å². The van der Waals surface area contributed by atoms with Gasteiger partial charge in [-0.2, -0.15) is 0 Å². The zero-order valence-electron chi connectivity index (χ0n) is 15.2. The molecule has 0 aromatic heterocycles. The normalized spacial score (nSPS) is 10.3. The Hall–Kier alpha value is -2.84. The first-order chi connectivity index (χ1) is 13.4. The van der Waals surface area contributed by atoms with Crippen LogP contribution in [0.15, 0.2) is 42.5 Å². The number of nitrogens with zero attached hydrogens (tertiary/aromatic N) is 1. The van der Waals surface area contributed by atoms with Gasteiger partial charge in [0, 0.05) is 13.1 Å². The van der Waals surface area contributed by atoms with Crippen LogP contribution in [0.5, 0.6) is 5.75 Å². The Bertz CT molecular complexity index is 835. The molecule has 0 bridgehead atoms. The van der Waals surface area contributed by atoms with E-state index in [0.29, 0.717) is 16.4 Å². The highest BCUT2D eigenvalue weighted by Gasteiger charge is 2.15. The maximum atomic E-state index is 13.4. The Morgan fingerprint density at radius 1 is 1.21 bits per heavy atom. The Morgan fingerprint density at radius 2 is 1.96 bits per heavy atom. The van der Waals surface area contributed by atoms with Crippen molar-refractivity contribution < 1.29 is 23.8 Å². The van der Waals surface area contributed by atoms with E-state index in [1.54, 1.807) is 24.3 Å². The van der Waals surface area contributed by atoms with Crippen molar-refractivity contribution in [3.8, 4) is 5.75 Å². The summed E-state index contributed by atoms with van der Waals surface area (Å²) < 4.78 is 18.6. The van der Waals surface area contributed by atoms with E-state index in [9.17, 15) is 14.0 Å². The molecule has 0 spiro atoms. The van der Waals surface area contributed by atoms with Crippen LogP contribution in [0.2, 0.25) is 5.02 Å². The number of carbonyl (C=O) groups is 2. The third-order valence-corrected chi connectivity index (χ3v) is 4.01. The molecule has 0 atom stereocenters. The van der Waals surface area contributed by atoms with Gasteiger partial charge in [0.25, 0.3) is 0 Å². The summed E-state index contributed by atoms with van der Waals surface area (Å²) in [7, 11) is 1.49. The van der Waals surface area contributed by atoms with Gasteiger partial charge in [0.2, 0.25) is 11.8 Å². The van der Waals surface area contributed by atoms with Gasteiger partial charge < -0.3 is 25.4 Å². The maximum absolute atomic E-state index is 13.4. The number of amides is 2. The number of benzene rings is 2. The van der Waals surface area contributed by atoms with Gasteiger partial charge in [-0.15, -0.1) is 0 Å². The Kier molecular flexibility index (Phi) is 8.03. The number of rotatable bonds is 9. The molecule has 0 aliphatic carbocycles. The van der Waals surface area contributed by atoms with Gasteiger partial charge in [-0.3, -0.25) is 9.59 Å². The van der Waals surface area contributed by atoms with Crippen molar-refractivity contribution in [2.24, 2.45) is 0 Å². The second-order valence-corrected chi connectivity index (χ2v) is 6.25. The number of aliphatic hydroxyl groups excluding tert-OH is 1. The lowest BCUT2D eigenvalue weighted by molar-refractivity contribution is -0.131. The molecule has 2 aromatic rings. The van der Waals surface area contributed by atoms with Crippen LogP contribution in [0.4, 0.5) is 15.8 Å². The molecule has 0 radical (unpaired) electrons. The number of anilines is 2. The molecule has 0 heterocycles. The number of aliphatic hydroxyl groups is 1. The van der Waals surface area contributed by atoms with Crippen molar-refractivity contribution in [3.63, 3.8) is 0 Å². The minimum atomic E-state index is -0.502. The van der Waals surface area contributed by atoms with Crippen molar-refractivity contribution in [2.45, 2.75) is 0 Å². The average Bonchev–Trinajstić information content (AvgIpc) is 2.67. The fourth-order valence-electron chi connectivity index (χ4n) is 2.28. The first-order valence-corrected chi connectivity index (χ1v) is 8.84. The molecule has 0 aliphatic heterocycles. The summed E-state index contributed by atoms with van der Waals surface area (Å²) in [5.74, 6) is -1.07. The van der Waals surface area contributed by atoms with Crippen molar-refractivity contribution in [3.05, 3.63) is 53.3 Å². The first-order valence-electron chi connectivity index (χ1n) is 8.46. The van der Waals surface area contributed by atoms with Crippen LogP contribution in [0.1, 0.15) is 0 Å². The van der Waals surface area contributed by atoms with Gasteiger partial charge in [-0.25, -0.2) is 4.39 Å². The van der Waals surface area contributed by atoms with Crippen LogP contribution < -0.4 is 15.4 Å². The van der Waals surface area contributed by atoms with Gasteiger partial charge in [0.05, 0.1) is 36.1 Å². The summed E-state index contributed by atoms with van der Waals surface area (Å²) in [5, 5.41) is 14.7. The van der Waals surface area contributed by atoms with E-state index in [1.807, 2.05) is 0 Å². The second kappa shape index (κ2) is 10.5. The molecule has 0 unspecified atom stereocenters. The zero-order valence-corrected chi connectivity index (χ0v) is 16.0. The standard InChI is InChI=1S/C19H21ClFN3O4/c1-24(12-18(26)23-15-5-3-2-4-14(15)20)19(27)11-22-16-7-6-13(21)10-17(16)28-9-8-25/h2-7,10,22,25H,8-9,11-12H2,1H3,(H,23,26). The molecule has 3 N–H and O–H groups in total. The van der Waals surface area contributed by atoms with E-state index in [4.69, 9.17) is 21.4 Å². The van der Waals surface area contributed by atoms with E-state index in [-0.39, 0.29) is 38.0 Å². The summed E-state index contributed by atoms with van der Waals surface area (Å²) in [4.78, 5) is 25.6. The smallest absolute Gasteiger partial charge is 0.244 e. The van der Waals surface area contributed by atoms with Gasteiger partial charge in [0.1, 0.15) is 18.2 Å². The number of hydrogen-bond acceptors (Lipinski definition) is 5. The minimum Gasteiger partial charge on any atom is -0.489 e. The summed E-state index contributed by atoms with van der Waals surface area (Å²) in [6, 6.07) is 10.6. The molecule has 2 aromatic carbocycles. The predicted octanol–water partition coefficient (Wildman–Crippen LogP) is 2.36. The highest BCUT2D eigenvalue weighted by atomic mass is 35.5. The monoisotopic (exact) mass is 409 g/mol. The predicted molar refractivity (Wildman–Crippen MR) is 105 cm³/mol. The Morgan fingerprint density at radius 3 is 2.68 bits per heavy atom. The molecule has 0 saturated heterocycles. The third-order valence-electron chi connectivity index (χ3n) is 3.68. The minimum absolute atomic E-state index is 0.00575. The molecule has 2 amide bonds. The van der Waals surface area contributed by atoms with E-state index in [0.717, 1.165) is 6.07 Å². The quantitative estimate of drug-likeness (QED) is 0.591. The highest BCUT2D eigenvalue weighted by molar-refractivity contribution is 6.33. The first kappa shape index (κ1) is 21.5. The van der Waals surface area contributed by atoms with Gasteiger partial charge >= 0.3 is 0 Å². The summed E-state index contributed by atoms with van der Waals surface area (Å²) in [6.07, 6.45) is 0. The molecule has 0 saturated carbocycles. The number of likely N-dealkylation sites (N-methyl/N-ethyl adjacent to an activating group) is 1. The SMILES string of the molecule is CN(CC(=O)Nc1ccccc1Cl)C(=O)CNc1ccc(F)cc1OCCO. The lowest BCUT2D eigenvalue weighted by atomic mass is 10.2. The summed E-state index contributed by atoms with van der Waals surface area (Å²) >= 11 is 5.99. The molecule has 28 heavy (non-hydrogen) atoms. The molecule has 150 valence electrons. The van der Waals surface area contributed by atoms with Gasteiger partial charge in [0.15, 0.2) is 0 Å². The van der Waals surface area contributed by atoms with Crippen LogP contribution in [-0.2, 0) is 9.59 Å². The number of hydrogen-bond donors (Lipinski definition) is 3. The number of para-hydroxylation sites is 1. The van der Waals surface area contributed by atoms with Crippen molar-refractivity contribution in [1.82, 2.24) is 4.90 Å². The average molecular weight is 410 g/mol. The van der Waals surface area contributed by atoms with Gasteiger partial charge in [-0.05, 0) is 24.3 Å². The van der Waals surface area contributed by atoms with Crippen molar-refractivity contribution >= 4 is 34.8 Å². The Labute approximate surface area is 167 Å². The van der Waals surface area contributed by atoms with Crippen LogP contribution >= 0.6 is 11.6 Å².